The predicted octanol–water partition coefficient (Wildman–Crippen LogP) is 3.26. The second-order valence-electron chi connectivity index (χ2n) is 5.01. The predicted molar refractivity (Wildman–Crippen MR) is 83.7 cm³/mol. The standard InChI is InChI=1S/C16H20N2OS/c1-12(2)18(11-15-4-3-9-20-15)16(19)14-7-5-13(10-17)6-8-14/h3-9,12H,10-11,17H2,1-2H3. The van der Waals surface area contributed by atoms with Crippen LogP contribution >= 0.6 is 11.3 Å². The zero-order valence-electron chi connectivity index (χ0n) is 11.9. The van der Waals surface area contributed by atoms with E-state index in [1.165, 1.54) is 4.88 Å². The second-order valence-corrected chi connectivity index (χ2v) is 6.04. The van der Waals surface area contributed by atoms with Crippen LogP contribution in [0.1, 0.15) is 34.6 Å². The minimum atomic E-state index is 0.0666. The van der Waals surface area contributed by atoms with Crippen LogP contribution in [0.25, 0.3) is 0 Å². The SMILES string of the molecule is CC(C)N(Cc1cccs1)C(=O)c1ccc(CN)cc1. The van der Waals surface area contributed by atoms with Crippen LogP contribution < -0.4 is 5.73 Å². The van der Waals surface area contributed by atoms with Gasteiger partial charge in [0.05, 0.1) is 6.54 Å². The third kappa shape index (κ3) is 3.46. The summed E-state index contributed by atoms with van der Waals surface area (Å²) >= 11 is 1.68. The first-order valence-corrected chi connectivity index (χ1v) is 7.62. The molecule has 0 unspecified atom stereocenters. The van der Waals surface area contributed by atoms with Gasteiger partial charge in [-0.3, -0.25) is 4.79 Å². The van der Waals surface area contributed by atoms with Crippen LogP contribution in [-0.2, 0) is 13.1 Å². The Bertz CT molecular complexity index is 546. The number of thiophene rings is 1. The fraction of sp³-hybridized carbons (Fsp3) is 0.312. The van der Waals surface area contributed by atoms with E-state index >= 15 is 0 Å². The first-order valence-electron chi connectivity index (χ1n) is 6.74. The van der Waals surface area contributed by atoms with Gasteiger partial charge in [-0.2, -0.15) is 0 Å². The number of nitrogens with two attached hydrogens (primary N) is 1. The van der Waals surface area contributed by atoms with Gasteiger partial charge in [-0.1, -0.05) is 18.2 Å². The van der Waals surface area contributed by atoms with Gasteiger partial charge in [0.15, 0.2) is 0 Å². The molecule has 2 aromatic rings. The van der Waals surface area contributed by atoms with Gasteiger partial charge in [0.2, 0.25) is 0 Å². The van der Waals surface area contributed by atoms with Gasteiger partial charge in [-0.25, -0.2) is 0 Å². The maximum atomic E-state index is 12.6. The van der Waals surface area contributed by atoms with E-state index in [9.17, 15) is 4.79 Å². The molecule has 106 valence electrons. The summed E-state index contributed by atoms with van der Waals surface area (Å²) in [4.78, 5) is 15.7. The van der Waals surface area contributed by atoms with E-state index in [0.29, 0.717) is 18.7 Å². The van der Waals surface area contributed by atoms with Crippen molar-refractivity contribution in [3.05, 3.63) is 57.8 Å². The number of amides is 1. The number of hydrogen-bond acceptors (Lipinski definition) is 3. The van der Waals surface area contributed by atoms with E-state index in [1.54, 1.807) is 11.3 Å². The highest BCUT2D eigenvalue weighted by atomic mass is 32.1. The second kappa shape index (κ2) is 6.68. The Kier molecular flexibility index (Phi) is 4.93. The molecule has 0 aliphatic heterocycles. The maximum Gasteiger partial charge on any atom is 0.254 e. The van der Waals surface area contributed by atoms with Crippen LogP contribution in [0.3, 0.4) is 0 Å². The van der Waals surface area contributed by atoms with Crippen LogP contribution in [0.5, 0.6) is 0 Å². The van der Waals surface area contributed by atoms with Crippen molar-refractivity contribution in [3.8, 4) is 0 Å². The van der Waals surface area contributed by atoms with Gasteiger partial charge in [0, 0.05) is 23.0 Å². The van der Waals surface area contributed by atoms with Crippen LogP contribution in [0, 0.1) is 0 Å². The summed E-state index contributed by atoms with van der Waals surface area (Å²) < 4.78 is 0. The Morgan fingerprint density at radius 3 is 2.45 bits per heavy atom. The van der Waals surface area contributed by atoms with Crippen molar-refractivity contribution in [2.75, 3.05) is 0 Å². The van der Waals surface area contributed by atoms with Crippen molar-refractivity contribution in [2.45, 2.75) is 33.0 Å². The van der Waals surface area contributed by atoms with Gasteiger partial charge in [-0.05, 0) is 43.0 Å². The lowest BCUT2D eigenvalue weighted by Crippen LogP contribution is -2.36. The number of rotatable bonds is 5. The molecule has 0 saturated heterocycles. The van der Waals surface area contributed by atoms with Crippen molar-refractivity contribution in [1.82, 2.24) is 4.90 Å². The first kappa shape index (κ1) is 14.8. The normalized spacial score (nSPS) is 10.8. The molecular formula is C16H20N2OS. The molecule has 0 spiro atoms. The highest BCUT2D eigenvalue weighted by molar-refractivity contribution is 7.09. The number of nitrogens with zero attached hydrogens (tertiary/aromatic N) is 1. The molecule has 4 heteroatoms. The van der Waals surface area contributed by atoms with E-state index in [0.717, 1.165) is 5.56 Å². The molecular weight excluding hydrogens is 268 g/mol. The average Bonchev–Trinajstić information content (AvgIpc) is 2.97. The molecule has 0 radical (unpaired) electrons. The van der Waals surface area contributed by atoms with E-state index in [4.69, 9.17) is 5.73 Å². The molecule has 0 bridgehead atoms. The third-order valence-electron chi connectivity index (χ3n) is 3.23. The smallest absolute Gasteiger partial charge is 0.254 e. The molecule has 1 aromatic heterocycles. The summed E-state index contributed by atoms with van der Waals surface area (Å²) in [5.74, 6) is 0.0666. The third-order valence-corrected chi connectivity index (χ3v) is 4.09. The van der Waals surface area contributed by atoms with Gasteiger partial charge >= 0.3 is 0 Å². The van der Waals surface area contributed by atoms with E-state index in [2.05, 4.69) is 6.07 Å². The van der Waals surface area contributed by atoms with Gasteiger partial charge in [0.1, 0.15) is 0 Å². The molecule has 1 heterocycles. The molecule has 1 amide bonds. The van der Waals surface area contributed by atoms with Crippen LogP contribution in [0.4, 0.5) is 0 Å². The summed E-state index contributed by atoms with van der Waals surface area (Å²) in [6, 6.07) is 11.8. The lowest BCUT2D eigenvalue weighted by Gasteiger charge is -2.26. The molecule has 0 atom stereocenters. The lowest BCUT2D eigenvalue weighted by atomic mass is 10.1. The summed E-state index contributed by atoms with van der Waals surface area (Å²) in [6.45, 7) is 5.24. The molecule has 2 N–H and O–H groups in total. The largest absolute Gasteiger partial charge is 0.331 e. The maximum absolute atomic E-state index is 12.6. The molecule has 3 nitrogen and oxygen atoms in total. The molecule has 1 aromatic carbocycles. The highest BCUT2D eigenvalue weighted by Crippen LogP contribution is 2.17. The minimum Gasteiger partial charge on any atom is -0.331 e. The number of carbonyl (C=O) groups excluding carboxylic acids is 1. The van der Waals surface area contributed by atoms with Crippen molar-refractivity contribution in [1.29, 1.82) is 0 Å². The van der Waals surface area contributed by atoms with E-state index in [1.807, 2.05) is 54.5 Å². The quantitative estimate of drug-likeness (QED) is 0.918. The van der Waals surface area contributed by atoms with Crippen molar-refractivity contribution in [2.24, 2.45) is 5.73 Å². The summed E-state index contributed by atoms with van der Waals surface area (Å²) in [6.07, 6.45) is 0. The van der Waals surface area contributed by atoms with Crippen molar-refractivity contribution in [3.63, 3.8) is 0 Å². The Balaban J connectivity index is 2.17. The molecule has 0 saturated carbocycles. The number of benzene rings is 1. The molecule has 20 heavy (non-hydrogen) atoms. The van der Waals surface area contributed by atoms with Crippen molar-refractivity contribution >= 4 is 17.2 Å². The Morgan fingerprint density at radius 2 is 1.95 bits per heavy atom. The first-order chi connectivity index (χ1) is 9.61. The molecule has 2 rings (SSSR count). The van der Waals surface area contributed by atoms with Crippen LogP contribution in [0.2, 0.25) is 0 Å². The molecule has 0 fully saturated rings. The van der Waals surface area contributed by atoms with Crippen LogP contribution in [0.15, 0.2) is 41.8 Å². The molecule has 0 aliphatic carbocycles. The highest BCUT2D eigenvalue weighted by Gasteiger charge is 2.19. The fourth-order valence-corrected chi connectivity index (χ4v) is 2.71. The van der Waals surface area contributed by atoms with Gasteiger partial charge in [-0.15, -0.1) is 11.3 Å². The zero-order valence-corrected chi connectivity index (χ0v) is 12.7. The lowest BCUT2D eigenvalue weighted by molar-refractivity contribution is 0.0692. The van der Waals surface area contributed by atoms with E-state index < -0.39 is 0 Å². The van der Waals surface area contributed by atoms with Gasteiger partial charge in [0.25, 0.3) is 5.91 Å². The Hall–Kier alpha value is -1.65. The number of carbonyl (C=O) groups is 1. The average molecular weight is 288 g/mol. The fourth-order valence-electron chi connectivity index (χ4n) is 2.01. The van der Waals surface area contributed by atoms with Crippen LogP contribution in [-0.4, -0.2) is 16.8 Å². The molecule has 0 aliphatic rings. The zero-order chi connectivity index (χ0) is 14.5. The topological polar surface area (TPSA) is 46.3 Å². The minimum absolute atomic E-state index is 0.0666. The monoisotopic (exact) mass is 288 g/mol. The van der Waals surface area contributed by atoms with E-state index in [-0.39, 0.29) is 11.9 Å². The van der Waals surface area contributed by atoms with Crippen molar-refractivity contribution < 1.29 is 4.79 Å². The summed E-state index contributed by atoms with van der Waals surface area (Å²) in [7, 11) is 0. The summed E-state index contributed by atoms with van der Waals surface area (Å²) in [5.41, 5.74) is 7.33. The van der Waals surface area contributed by atoms with Gasteiger partial charge < -0.3 is 10.6 Å². The Labute approximate surface area is 124 Å². The summed E-state index contributed by atoms with van der Waals surface area (Å²) in [5, 5.41) is 2.04. The number of hydrogen-bond donors (Lipinski definition) is 1. The Morgan fingerprint density at radius 1 is 1.25 bits per heavy atom.